The van der Waals surface area contributed by atoms with Gasteiger partial charge in [-0.25, -0.2) is 14.8 Å². The third kappa shape index (κ3) is 6.10. The lowest BCUT2D eigenvalue weighted by molar-refractivity contribution is 0.262. The summed E-state index contributed by atoms with van der Waals surface area (Å²) >= 11 is 11.8. The molecule has 1 heterocycles. The van der Waals surface area contributed by atoms with Crippen LogP contribution in [0.15, 0.2) is 24.3 Å². The molecule has 7 nitrogen and oxygen atoms in total. The van der Waals surface area contributed by atoms with E-state index in [1.54, 1.807) is 18.2 Å². The Morgan fingerprint density at radius 1 is 1.19 bits per heavy atom. The summed E-state index contributed by atoms with van der Waals surface area (Å²) in [6.45, 7) is 2.66. The van der Waals surface area contributed by atoms with E-state index in [1.165, 1.54) is 0 Å². The van der Waals surface area contributed by atoms with E-state index in [0.717, 1.165) is 18.7 Å². The maximum atomic E-state index is 12.2. The lowest BCUT2D eigenvalue weighted by atomic mass is 10.1. The van der Waals surface area contributed by atoms with Gasteiger partial charge in [-0.2, -0.15) is 0 Å². The van der Waals surface area contributed by atoms with Crippen molar-refractivity contribution in [1.82, 2.24) is 14.9 Å². The van der Waals surface area contributed by atoms with Crippen LogP contribution in [-0.4, -0.2) is 41.5 Å². The number of carbonyl (C=O) groups excluding carboxylic acids is 1. The van der Waals surface area contributed by atoms with Crippen LogP contribution in [0, 0.1) is 6.92 Å². The Morgan fingerprint density at radius 3 is 2.58 bits per heavy atom. The Kier molecular flexibility index (Phi) is 7.16. The Balaban J connectivity index is 2.06. The van der Waals surface area contributed by atoms with E-state index >= 15 is 0 Å². The van der Waals surface area contributed by atoms with E-state index in [0.29, 0.717) is 21.4 Å². The summed E-state index contributed by atoms with van der Waals surface area (Å²) in [5, 5.41) is 6.03. The van der Waals surface area contributed by atoms with E-state index in [9.17, 15) is 4.79 Å². The van der Waals surface area contributed by atoms with Crippen molar-refractivity contribution in [2.75, 3.05) is 31.3 Å². The van der Waals surface area contributed by atoms with Crippen molar-refractivity contribution in [2.24, 2.45) is 5.73 Å². The van der Waals surface area contributed by atoms with Gasteiger partial charge in [0.05, 0.1) is 15.7 Å². The molecule has 1 aromatic heterocycles. The molecule has 2 rings (SSSR count). The molecule has 1 aromatic carbocycles. The number of hydrogen-bond donors (Lipinski definition) is 3. The molecule has 26 heavy (non-hydrogen) atoms. The predicted molar refractivity (Wildman–Crippen MR) is 106 cm³/mol. The monoisotopic (exact) mass is 396 g/mol. The van der Waals surface area contributed by atoms with E-state index < -0.39 is 6.03 Å². The fourth-order valence-corrected chi connectivity index (χ4v) is 2.52. The van der Waals surface area contributed by atoms with Crippen LogP contribution in [-0.2, 0) is 0 Å². The highest BCUT2D eigenvalue weighted by atomic mass is 35.5. The lowest BCUT2D eigenvalue weighted by Gasteiger charge is -2.16. The number of benzene rings is 1. The van der Waals surface area contributed by atoms with Gasteiger partial charge in [-0.1, -0.05) is 23.2 Å². The Morgan fingerprint density at radius 2 is 1.92 bits per heavy atom. The Hall–Kier alpha value is -1.93. The minimum absolute atomic E-state index is 0.192. The van der Waals surface area contributed by atoms with Gasteiger partial charge in [-0.3, -0.25) is 5.32 Å². The predicted octanol–water partition coefficient (Wildman–Crippen LogP) is 3.69. The summed E-state index contributed by atoms with van der Waals surface area (Å²) in [5.74, 6) is 0.192. The zero-order valence-corrected chi connectivity index (χ0v) is 16.4. The Labute approximate surface area is 162 Å². The van der Waals surface area contributed by atoms with E-state index in [2.05, 4.69) is 25.5 Å². The highest BCUT2D eigenvalue weighted by Crippen LogP contribution is 2.25. The van der Waals surface area contributed by atoms with Crippen molar-refractivity contribution in [2.45, 2.75) is 19.4 Å². The van der Waals surface area contributed by atoms with Gasteiger partial charge in [-0.15, -0.1) is 0 Å². The highest BCUT2D eigenvalue weighted by molar-refractivity contribution is 6.42. The first kappa shape index (κ1) is 20.4. The van der Waals surface area contributed by atoms with Gasteiger partial charge in [0.1, 0.15) is 0 Å². The first-order valence-corrected chi connectivity index (χ1v) is 8.79. The maximum absolute atomic E-state index is 12.2. The Bertz CT molecular complexity index is 784. The molecule has 2 amide bonds. The van der Waals surface area contributed by atoms with Gasteiger partial charge in [0.25, 0.3) is 0 Å². The van der Waals surface area contributed by atoms with Crippen LogP contribution in [0.2, 0.25) is 10.0 Å². The number of urea groups is 1. The smallest absolute Gasteiger partial charge is 0.323 e. The number of carbonyl (C=O) groups is 1. The fourth-order valence-electron chi connectivity index (χ4n) is 2.22. The number of aromatic nitrogens is 2. The molecule has 140 valence electrons. The van der Waals surface area contributed by atoms with Crippen LogP contribution in [0.3, 0.4) is 0 Å². The van der Waals surface area contributed by atoms with Gasteiger partial charge >= 0.3 is 6.03 Å². The normalized spacial score (nSPS) is 12.1. The lowest BCUT2D eigenvalue weighted by Crippen LogP contribution is -2.24. The number of amides is 2. The summed E-state index contributed by atoms with van der Waals surface area (Å²) < 4.78 is 0. The summed E-state index contributed by atoms with van der Waals surface area (Å²) in [7, 11) is 3.97. The third-order valence-electron chi connectivity index (χ3n) is 3.54. The molecular weight excluding hydrogens is 375 g/mol. The molecule has 2 aromatic rings. The topological polar surface area (TPSA) is 96.2 Å². The van der Waals surface area contributed by atoms with Crippen molar-refractivity contribution in [1.29, 1.82) is 0 Å². The molecule has 0 saturated carbocycles. The average molecular weight is 397 g/mol. The molecule has 0 fully saturated rings. The minimum Gasteiger partial charge on any atom is -0.323 e. The number of nitrogens with one attached hydrogen (secondary N) is 2. The van der Waals surface area contributed by atoms with Crippen LogP contribution >= 0.6 is 23.2 Å². The van der Waals surface area contributed by atoms with Crippen molar-refractivity contribution in [3.8, 4) is 0 Å². The minimum atomic E-state index is -0.484. The van der Waals surface area contributed by atoms with Crippen molar-refractivity contribution in [3.05, 3.63) is 45.7 Å². The van der Waals surface area contributed by atoms with Crippen molar-refractivity contribution in [3.63, 3.8) is 0 Å². The standard InChI is InChI=1S/C17H22Cl2N6O/c1-10-8-15(14(20)6-7-25(2)3)23-16(21-10)24-17(26)22-11-4-5-12(18)13(19)9-11/h4-5,8-9,14H,6-7,20H2,1-3H3,(H2,21,22,23,24,26). The summed E-state index contributed by atoms with van der Waals surface area (Å²) in [4.78, 5) is 22.8. The van der Waals surface area contributed by atoms with Crippen LogP contribution in [0.25, 0.3) is 0 Å². The summed E-state index contributed by atoms with van der Waals surface area (Å²) in [6, 6.07) is 5.91. The van der Waals surface area contributed by atoms with Gasteiger partial charge in [0.15, 0.2) is 0 Å². The second-order valence-corrected chi connectivity index (χ2v) is 6.98. The van der Waals surface area contributed by atoms with Crippen LogP contribution in [0.4, 0.5) is 16.4 Å². The van der Waals surface area contributed by atoms with Gasteiger partial charge < -0.3 is 16.0 Å². The van der Waals surface area contributed by atoms with Gasteiger partial charge in [-0.05, 0) is 58.3 Å². The number of nitrogens with zero attached hydrogens (tertiary/aromatic N) is 3. The number of aryl methyl sites for hydroxylation is 1. The second-order valence-electron chi connectivity index (χ2n) is 6.16. The highest BCUT2D eigenvalue weighted by Gasteiger charge is 2.13. The first-order chi connectivity index (χ1) is 12.2. The zero-order chi connectivity index (χ0) is 19.3. The summed E-state index contributed by atoms with van der Waals surface area (Å²) in [5.41, 5.74) is 8.11. The maximum Gasteiger partial charge on any atom is 0.326 e. The molecule has 1 unspecified atom stereocenters. The number of hydrogen-bond acceptors (Lipinski definition) is 5. The van der Waals surface area contributed by atoms with E-state index in [-0.39, 0.29) is 12.0 Å². The average Bonchev–Trinajstić information content (AvgIpc) is 2.55. The first-order valence-electron chi connectivity index (χ1n) is 8.03. The molecule has 9 heteroatoms. The molecule has 0 radical (unpaired) electrons. The van der Waals surface area contributed by atoms with E-state index in [4.69, 9.17) is 28.9 Å². The van der Waals surface area contributed by atoms with Gasteiger partial charge in [0.2, 0.25) is 5.95 Å². The molecule has 0 bridgehead atoms. The molecule has 1 atom stereocenters. The van der Waals surface area contributed by atoms with Crippen molar-refractivity contribution >= 4 is 40.9 Å². The zero-order valence-electron chi connectivity index (χ0n) is 14.9. The van der Waals surface area contributed by atoms with Crippen LogP contribution in [0.1, 0.15) is 23.9 Å². The van der Waals surface area contributed by atoms with Crippen molar-refractivity contribution < 1.29 is 4.79 Å². The number of nitrogens with two attached hydrogens (primary N) is 1. The molecule has 0 aliphatic carbocycles. The SMILES string of the molecule is Cc1cc(C(N)CCN(C)C)nc(NC(=O)Nc2ccc(Cl)c(Cl)c2)n1. The quantitative estimate of drug-likeness (QED) is 0.691. The number of anilines is 2. The van der Waals surface area contributed by atoms with Crippen LogP contribution < -0.4 is 16.4 Å². The van der Waals surface area contributed by atoms with E-state index in [1.807, 2.05) is 27.1 Å². The molecule has 0 spiro atoms. The fraction of sp³-hybridized carbons (Fsp3) is 0.353. The molecular formula is C17H22Cl2N6O. The number of halogens is 2. The largest absolute Gasteiger partial charge is 0.326 e. The second kappa shape index (κ2) is 9.14. The molecule has 0 aliphatic rings. The number of rotatable bonds is 6. The molecule has 4 N–H and O–H groups in total. The summed E-state index contributed by atoms with van der Waals surface area (Å²) in [6.07, 6.45) is 0.748. The molecule has 0 saturated heterocycles. The third-order valence-corrected chi connectivity index (χ3v) is 4.28. The van der Waals surface area contributed by atoms with Crippen LogP contribution in [0.5, 0.6) is 0 Å². The molecule has 0 aliphatic heterocycles. The van der Waals surface area contributed by atoms with Gasteiger partial charge in [0, 0.05) is 17.4 Å².